The molecule has 0 aromatic heterocycles. The van der Waals surface area contributed by atoms with Crippen molar-refractivity contribution in [1.29, 1.82) is 0 Å². The summed E-state index contributed by atoms with van der Waals surface area (Å²) in [6, 6.07) is 11.7. The Morgan fingerprint density at radius 3 is 2.47 bits per heavy atom. The molecule has 0 amide bonds. The summed E-state index contributed by atoms with van der Waals surface area (Å²) in [7, 11) is 0. The summed E-state index contributed by atoms with van der Waals surface area (Å²) in [5, 5.41) is 0.369. The number of nitrogens with two attached hydrogens (primary N) is 1. The summed E-state index contributed by atoms with van der Waals surface area (Å²) in [4.78, 5) is 0. The summed E-state index contributed by atoms with van der Waals surface area (Å²) in [6.45, 7) is 0. The molecular weight excluding hydrogens is 213 g/mol. The van der Waals surface area contributed by atoms with Gasteiger partial charge in [-0.25, -0.2) is 4.39 Å². The van der Waals surface area contributed by atoms with Gasteiger partial charge < -0.3 is 5.73 Å². The predicted octanol–water partition coefficient (Wildman–Crippen LogP) is 3.73. The third-order valence-corrected chi connectivity index (χ3v) is 2.35. The van der Waals surface area contributed by atoms with Crippen LogP contribution in [-0.4, -0.2) is 0 Å². The van der Waals surface area contributed by atoms with Crippen molar-refractivity contribution in [1.82, 2.24) is 0 Å². The summed E-state index contributed by atoms with van der Waals surface area (Å²) in [6.07, 6.45) is 0. The van der Waals surface area contributed by atoms with Gasteiger partial charge in [0.15, 0.2) is 0 Å². The monoisotopic (exact) mass is 221 g/mol. The Balaban J connectivity index is 2.59. The Morgan fingerprint density at radius 2 is 1.80 bits per heavy atom. The van der Waals surface area contributed by atoms with Gasteiger partial charge in [0.1, 0.15) is 5.82 Å². The van der Waals surface area contributed by atoms with Gasteiger partial charge in [-0.2, -0.15) is 0 Å². The van der Waals surface area contributed by atoms with Crippen LogP contribution in [0.1, 0.15) is 0 Å². The molecule has 15 heavy (non-hydrogen) atoms. The first kappa shape index (κ1) is 9.99. The van der Waals surface area contributed by atoms with Crippen LogP contribution in [0.2, 0.25) is 5.02 Å². The molecular formula is C12H9ClFN. The second-order valence-corrected chi connectivity index (χ2v) is 3.68. The number of anilines is 1. The highest BCUT2D eigenvalue weighted by atomic mass is 35.5. The molecule has 0 bridgehead atoms. The fourth-order valence-corrected chi connectivity index (χ4v) is 1.69. The highest BCUT2D eigenvalue weighted by Crippen LogP contribution is 2.28. The minimum Gasteiger partial charge on any atom is -0.398 e. The Labute approximate surface area is 92.3 Å². The zero-order chi connectivity index (χ0) is 10.8. The lowest BCUT2D eigenvalue weighted by Crippen LogP contribution is -1.89. The van der Waals surface area contributed by atoms with Gasteiger partial charge in [0.25, 0.3) is 0 Å². The van der Waals surface area contributed by atoms with Crippen LogP contribution in [0.4, 0.5) is 10.1 Å². The molecule has 0 fully saturated rings. The molecule has 0 saturated heterocycles. The van der Waals surface area contributed by atoms with E-state index < -0.39 is 0 Å². The van der Waals surface area contributed by atoms with E-state index in [1.807, 2.05) is 18.2 Å². The molecule has 0 aliphatic heterocycles. The van der Waals surface area contributed by atoms with E-state index in [2.05, 4.69) is 0 Å². The van der Waals surface area contributed by atoms with Gasteiger partial charge in [0.2, 0.25) is 0 Å². The number of nitrogen functional groups attached to an aromatic ring is 1. The zero-order valence-corrected chi connectivity index (χ0v) is 8.63. The van der Waals surface area contributed by atoms with Crippen LogP contribution < -0.4 is 5.73 Å². The molecule has 0 atom stereocenters. The molecule has 1 nitrogen and oxygen atoms in total. The number of para-hydroxylation sites is 1. The van der Waals surface area contributed by atoms with Gasteiger partial charge in [-0.15, -0.1) is 0 Å². The molecule has 3 heteroatoms. The molecule has 2 aromatic rings. The van der Waals surface area contributed by atoms with Crippen molar-refractivity contribution in [2.45, 2.75) is 0 Å². The first-order valence-corrected chi connectivity index (χ1v) is 4.85. The Bertz CT molecular complexity index is 476. The molecule has 2 rings (SSSR count). The molecule has 0 unspecified atom stereocenters. The molecule has 0 radical (unpaired) electrons. The maximum Gasteiger partial charge on any atom is 0.125 e. The van der Waals surface area contributed by atoms with Gasteiger partial charge in [-0.05, 0) is 29.8 Å². The van der Waals surface area contributed by atoms with Crippen LogP contribution in [-0.2, 0) is 0 Å². The van der Waals surface area contributed by atoms with Gasteiger partial charge in [-0.3, -0.25) is 0 Å². The third-order valence-electron chi connectivity index (χ3n) is 2.13. The second kappa shape index (κ2) is 3.91. The van der Waals surface area contributed by atoms with Crippen LogP contribution in [0.25, 0.3) is 11.1 Å². The lowest BCUT2D eigenvalue weighted by atomic mass is 10.0. The van der Waals surface area contributed by atoms with E-state index >= 15 is 0 Å². The molecule has 76 valence electrons. The largest absolute Gasteiger partial charge is 0.398 e. The van der Waals surface area contributed by atoms with Crippen molar-refractivity contribution >= 4 is 17.3 Å². The highest BCUT2D eigenvalue weighted by molar-refractivity contribution is 6.30. The Kier molecular flexibility index (Phi) is 2.60. The smallest absolute Gasteiger partial charge is 0.125 e. The molecule has 0 heterocycles. The fourth-order valence-electron chi connectivity index (χ4n) is 1.47. The number of halogens is 2. The highest BCUT2D eigenvalue weighted by Gasteiger charge is 2.04. The molecule has 0 saturated carbocycles. The molecule has 2 N–H and O–H groups in total. The minimum absolute atomic E-state index is 0.360. The van der Waals surface area contributed by atoms with E-state index in [9.17, 15) is 4.39 Å². The van der Waals surface area contributed by atoms with E-state index in [1.165, 1.54) is 12.1 Å². The average molecular weight is 222 g/mol. The minimum atomic E-state index is -0.360. The average Bonchev–Trinajstić information content (AvgIpc) is 2.16. The van der Waals surface area contributed by atoms with Crippen molar-refractivity contribution < 1.29 is 4.39 Å². The second-order valence-electron chi connectivity index (χ2n) is 3.25. The zero-order valence-electron chi connectivity index (χ0n) is 7.87. The van der Waals surface area contributed by atoms with Crippen LogP contribution in [0.5, 0.6) is 0 Å². The fraction of sp³-hybridized carbons (Fsp3) is 0. The molecule has 0 spiro atoms. The van der Waals surface area contributed by atoms with Crippen LogP contribution in [0, 0.1) is 5.82 Å². The van der Waals surface area contributed by atoms with Gasteiger partial charge in [-0.1, -0.05) is 29.8 Å². The maximum atomic E-state index is 13.1. The van der Waals surface area contributed by atoms with E-state index in [4.69, 9.17) is 17.3 Å². The lowest BCUT2D eigenvalue weighted by molar-refractivity contribution is 0.628. The predicted molar refractivity (Wildman–Crippen MR) is 61.3 cm³/mol. The SMILES string of the molecule is Nc1ccccc1-c1cc(F)cc(Cl)c1. The van der Waals surface area contributed by atoms with Crippen molar-refractivity contribution in [2.24, 2.45) is 0 Å². The van der Waals surface area contributed by atoms with Crippen molar-refractivity contribution in [3.8, 4) is 11.1 Å². The standard InChI is InChI=1S/C12H9ClFN/c13-9-5-8(6-10(14)7-9)11-3-1-2-4-12(11)15/h1-7H,15H2. The van der Waals surface area contributed by atoms with E-state index in [0.29, 0.717) is 16.3 Å². The number of hydrogen-bond donors (Lipinski definition) is 1. The normalized spacial score (nSPS) is 10.3. The van der Waals surface area contributed by atoms with Crippen molar-refractivity contribution in [3.63, 3.8) is 0 Å². The molecule has 0 aliphatic carbocycles. The van der Waals surface area contributed by atoms with Gasteiger partial charge in [0, 0.05) is 16.3 Å². The summed E-state index contributed by atoms with van der Waals surface area (Å²) in [5.41, 5.74) is 7.88. The Hall–Kier alpha value is -1.54. The number of rotatable bonds is 1. The van der Waals surface area contributed by atoms with Gasteiger partial charge >= 0.3 is 0 Å². The Morgan fingerprint density at radius 1 is 1.07 bits per heavy atom. The first-order chi connectivity index (χ1) is 7.16. The van der Waals surface area contributed by atoms with Gasteiger partial charge in [0.05, 0.1) is 0 Å². The molecule has 2 aromatic carbocycles. The summed E-state index contributed by atoms with van der Waals surface area (Å²) in [5.74, 6) is -0.360. The molecule has 0 aliphatic rings. The van der Waals surface area contributed by atoms with Crippen LogP contribution in [0.15, 0.2) is 42.5 Å². The summed E-state index contributed by atoms with van der Waals surface area (Å²) < 4.78 is 13.1. The topological polar surface area (TPSA) is 26.0 Å². The lowest BCUT2D eigenvalue weighted by Gasteiger charge is -2.05. The quantitative estimate of drug-likeness (QED) is 0.730. The van der Waals surface area contributed by atoms with Crippen LogP contribution >= 0.6 is 11.6 Å². The third kappa shape index (κ3) is 2.10. The first-order valence-electron chi connectivity index (χ1n) is 4.48. The number of hydrogen-bond acceptors (Lipinski definition) is 1. The van der Waals surface area contributed by atoms with E-state index in [-0.39, 0.29) is 5.82 Å². The van der Waals surface area contributed by atoms with E-state index in [0.717, 1.165) is 5.56 Å². The van der Waals surface area contributed by atoms with Crippen molar-refractivity contribution in [2.75, 3.05) is 5.73 Å². The summed E-state index contributed by atoms with van der Waals surface area (Å²) >= 11 is 5.77. The maximum absolute atomic E-state index is 13.1. The van der Waals surface area contributed by atoms with Crippen LogP contribution in [0.3, 0.4) is 0 Å². The van der Waals surface area contributed by atoms with E-state index in [1.54, 1.807) is 12.1 Å². The number of benzene rings is 2. The van der Waals surface area contributed by atoms with Crippen molar-refractivity contribution in [3.05, 3.63) is 53.3 Å².